The molecular weight excluding hydrogens is 344 g/mol. The van der Waals surface area contributed by atoms with Gasteiger partial charge in [-0.3, -0.25) is 0 Å². The number of nitrogens with one attached hydrogen (secondary N) is 1. The Balaban J connectivity index is 1.81. The van der Waals surface area contributed by atoms with Crippen molar-refractivity contribution in [2.45, 2.75) is 19.6 Å². The van der Waals surface area contributed by atoms with Gasteiger partial charge in [-0.15, -0.1) is 0 Å². The molecule has 0 saturated heterocycles. The number of hydrogen-bond acceptors (Lipinski definition) is 4. The molecule has 1 atom stereocenters. The fourth-order valence-corrected chi connectivity index (χ4v) is 2.97. The molecule has 0 unspecified atom stereocenters. The molecule has 0 aliphatic carbocycles. The minimum Gasteiger partial charge on any atom is -0.464 e. The van der Waals surface area contributed by atoms with Crippen LogP contribution in [0.3, 0.4) is 0 Å². The van der Waals surface area contributed by atoms with Gasteiger partial charge in [0.05, 0.1) is 6.61 Å². The number of carbonyl (C=O) groups excluding carboxylic acids is 2. The number of benzene rings is 2. The summed E-state index contributed by atoms with van der Waals surface area (Å²) in [5, 5.41) is 3.52. The summed E-state index contributed by atoms with van der Waals surface area (Å²) in [4.78, 5) is 24.8. The van der Waals surface area contributed by atoms with Gasteiger partial charge < -0.3 is 19.4 Å². The molecule has 0 aliphatic heterocycles. The first-order valence-electron chi connectivity index (χ1n) is 8.78. The second kappa shape index (κ2) is 8.40. The monoisotopic (exact) mass is 366 g/mol. The van der Waals surface area contributed by atoms with Crippen LogP contribution in [0.1, 0.15) is 24.1 Å². The molecule has 3 rings (SSSR count). The maximum atomic E-state index is 12.5. The molecule has 0 saturated carbocycles. The average Bonchev–Trinajstić information content (AvgIpc) is 3.02. The quantitative estimate of drug-likeness (QED) is 0.675. The van der Waals surface area contributed by atoms with Crippen LogP contribution in [0, 0.1) is 0 Å². The van der Waals surface area contributed by atoms with Crippen molar-refractivity contribution in [2.24, 2.45) is 7.05 Å². The van der Waals surface area contributed by atoms with E-state index in [0.717, 1.165) is 16.5 Å². The van der Waals surface area contributed by atoms with Gasteiger partial charge in [-0.05, 0) is 18.6 Å². The van der Waals surface area contributed by atoms with Gasteiger partial charge in [-0.25, -0.2) is 9.59 Å². The van der Waals surface area contributed by atoms with E-state index in [-0.39, 0.29) is 13.2 Å². The summed E-state index contributed by atoms with van der Waals surface area (Å²) in [5.41, 5.74) is 2.50. The van der Waals surface area contributed by atoms with E-state index in [9.17, 15) is 9.59 Å². The minimum absolute atomic E-state index is 0.123. The molecule has 1 N–H and O–H groups in total. The van der Waals surface area contributed by atoms with Gasteiger partial charge in [0.1, 0.15) is 6.61 Å². The van der Waals surface area contributed by atoms with Gasteiger partial charge in [0, 0.05) is 29.7 Å². The highest BCUT2D eigenvalue weighted by molar-refractivity contribution is 5.92. The molecule has 1 heterocycles. The number of esters is 1. The minimum atomic E-state index is -0.945. The van der Waals surface area contributed by atoms with Crippen molar-refractivity contribution in [3.05, 3.63) is 71.9 Å². The highest BCUT2D eigenvalue weighted by Crippen LogP contribution is 2.27. The molecule has 1 amide bonds. The zero-order chi connectivity index (χ0) is 19.2. The van der Waals surface area contributed by atoms with Crippen molar-refractivity contribution in [1.82, 2.24) is 9.88 Å². The predicted octanol–water partition coefficient (Wildman–Crippen LogP) is 3.71. The van der Waals surface area contributed by atoms with E-state index in [1.807, 2.05) is 72.4 Å². The third kappa shape index (κ3) is 4.28. The van der Waals surface area contributed by atoms with Crippen molar-refractivity contribution < 1.29 is 19.1 Å². The Kier molecular flexibility index (Phi) is 5.76. The van der Waals surface area contributed by atoms with Gasteiger partial charge in [0.25, 0.3) is 0 Å². The molecule has 0 radical (unpaired) electrons. The second-order valence-electron chi connectivity index (χ2n) is 6.10. The van der Waals surface area contributed by atoms with Crippen molar-refractivity contribution >= 4 is 23.0 Å². The second-order valence-corrected chi connectivity index (χ2v) is 6.10. The van der Waals surface area contributed by atoms with E-state index in [2.05, 4.69) is 5.32 Å². The maximum Gasteiger partial charge on any atom is 0.408 e. The summed E-state index contributed by atoms with van der Waals surface area (Å²) in [6, 6.07) is 16.1. The maximum absolute atomic E-state index is 12.5. The number of alkyl carbamates (subject to hydrolysis) is 1. The van der Waals surface area contributed by atoms with E-state index >= 15 is 0 Å². The summed E-state index contributed by atoms with van der Waals surface area (Å²) in [6.45, 7) is 2.07. The number of aromatic nitrogens is 1. The molecule has 0 fully saturated rings. The SMILES string of the molecule is CCOC(=O)[C@@H](NC(=O)OCc1ccccc1)c1cn(C)c2ccccc12. The van der Waals surface area contributed by atoms with E-state index in [4.69, 9.17) is 9.47 Å². The molecule has 6 heteroatoms. The topological polar surface area (TPSA) is 69.6 Å². The third-order valence-corrected chi connectivity index (χ3v) is 4.24. The van der Waals surface area contributed by atoms with Crippen LogP contribution in [0.2, 0.25) is 0 Å². The average molecular weight is 366 g/mol. The molecule has 27 heavy (non-hydrogen) atoms. The lowest BCUT2D eigenvalue weighted by Crippen LogP contribution is -2.35. The number of para-hydroxylation sites is 1. The summed E-state index contributed by atoms with van der Waals surface area (Å²) in [6.07, 6.45) is 1.15. The number of nitrogens with zero attached hydrogens (tertiary/aromatic N) is 1. The fourth-order valence-electron chi connectivity index (χ4n) is 2.97. The molecule has 0 aliphatic rings. The van der Waals surface area contributed by atoms with Crippen LogP contribution in [0.5, 0.6) is 0 Å². The fraction of sp³-hybridized carbons (Fsp3) is 0.238. The van der Waals surface area contributed by atoms with Crippen molar-refractivity contribution in [3.8, 4) is 0 Å². The van der Waals surface area contributed by atoms with Crippen LogP contribution in [-0.2, 0) is 27.9 Å². The highest BCUT2D eigenvalue weighted by Gasteiger charge is 2.28. The number of carbonyl (C=O) groups is 2. The summed E-state index contributed by atoms with van der Waals surface area (Å²) in [7, 11) is 1.89. The van der Waals surface area contributed by atoms with Crippen LogP contribution in [0.15, 0.2) is 60.8 Å². The van der Waals surface area contributed by atoms with E-state index in [0.29, 0.717) is 5.56 Å². The lowest BCUT2D eigenvalue weighted by Gasteiger charge is -2.17. The molecule has 0 spiro atoms. The summed E-state index contributed by atoms with van der Waals surface area (Å²) in [5.74, 6) is -0.523. The van der Waals surface area contributed by atoms with Crippen LogP contribution in [0.25, 0.3) is 10.9 Å². The normalized spacial score (nSPS) is 11.8. The van der Waals surface area contributed by atoms with Gasteiger partial charge >= 0.3 is 12.1 Å². The first-order chi connectivity index (χ1) is 13.1. The third-order valence-electron chi connectivity index (χ3n) is 4.24. The van der Waals surface area contributed by atoms with E-state index < -0.39 is 18.1 Å². The van der Waals surface area contributed by atoms with Gasteiger partial charge in [-0.1, -0.05) is 48.5 Å². The lowest BCUT2D eigenvalue weighted by atomic mass is 10.1. The van der Waals surface area contributed by atoms with Crippen LogP contribution >= 0.6 is 0 Å². The molecule has 140 valence electrons. The molecule has 3 aromatic rings. The Morgan fingerprint density at radius 1 is 1.04 bits per heavy atom. The first-order valence-corrected chi connectivity index (χ1v) is 8.78. The molecule has 0 bridgehead atoms. The van der Waals surface area contributed by atoms with E-state index in [1.54, 1.807) is 6.92 Å². The first kappa shape index (κ1) is 18.5. The Labute approximate surface area is 157 Å². The number of aryl methyl sites for hydroxylation is 1. The Hall–Kier alpha value is -3.28. The van der Waals surface area contributed by atoms with Crippen LogP contribution in [0.4, 0.5) is 4.79 Å². The zero-order valence-corrected chi connectivity index (χ0v) is 15.3. The number of rotatable bonds is 6. The largest absolute Gasteiger partial charge is 0.464 e. The zero-order valence-electron chi connectivity index (χ0n) is 15.3. The van der Waals surface area contributed by atoms with Crippen LogP contribution in [-0.4, -0.2) is 23.2 Å². The predicted molar refractivity (Wildman–Crippen MR) is 102 cm³/mol. The van der Waals surface area contributed by atoms with Crippen molar-refractivity contribution in [3.63, 3.8) is 0 Å². The van der Waals surface area contributed by atoms with Crippen LogP contribution < -0.4 is 5.32 Å². The Morgan fingerprint density at radius 2 is 1.74 bits per heavy atom. The Morgan fingerprint density at radius 3 is 2.48 bits per heavy atom. The highest BCUT2D eigenvalue weighted by atomic mass is 16.6. The standard InChI is InChI=1S/C21H22N2O4/c1-3-26-20(24)19(17-13-23(2)18-12-8-7-11-16(17)18)22-21(25)27-14-15-9-5-4-6-10-15/h4-13,19H,3,14H2,1-2H3,(H,22,25)/t19-/m0/s1. The Bertz CT molecular complexity index is 934. The van der Waals surface area contributed by atoms with Crippen molar-refractivity contribution in [1.29, 1.82) is 0 Å². The smallest absolute Gasteiger partial charge is 0.408 e. The summed E-state index contributed by atoms with van der Waals surface area (Å²) >= 11 is 0. The number of amides is 1. The molecule has 2 aromatic carbocycles. The van der Waals surface area contributed by atoms with Gasteiger partial charge in [0.2, 0.25) is 0 Å². The van der Waals surface area contributed by atoms with Crippen molar-refractivity contribution in [2.75, 3.05) is 6.61 Å². The molecule has 1 aromatic heterocycles. The molecule has 6 nitrogen and oxygen atoms in total. The molecular formula is C21H22N2O4. The summed E-state index contributed by atoms with van der Waals surface area (Å²) < 4.78 is 12.3. The lowest BCUT2D eigenvalue weighted by molar-refractivity contribution is -0.145. The number of fused-ring (bicyclic) bond motifs is 1. The van der Waals surface area contributed by atoms with Gasteiger partial charge in [0.15, 0.2) is 6.04 Å². The van der Waals surface area contributed by atoms with E-state index in [1.165, 1.54) is 0 Å². The number of ether oxygens (including phenoxy) is 2. The number of hydrogen-bond donors (Lipinski definition) is 1. The van der Waals surface area contributed by atoms with Gasteiger partial charge in [-0.2, -0.15) is 0 Å².